The summed E-state index contributed by atoms with van der Waals surface area (Å²) in [6, 6.07) is 5.68. The van der Waals surface area contributed by atoms with Crippen molar-refractivity contribution >= 4 is 45.1 Å². The summed E-state index contributed by atoms with van der Waals surface area (Å²) in [7, 11) is 1.61. The summed E-state index contributed by atoms with van der Waals surface area (Å²) < 4.78 is 8.06. The fraction of sp³-hybridized carbons (Fsp3) is 0.450. The molecule has 1 aliphatic heterocycles. The van der Waals surface area contributed by atoms with Crippen LogP contribution >= 0.6 is 23.1 Å². The maximum atomic E-state index is 12.3. The van der Waals surface area contributed by atoms with Crippen LogP contribution < -0.4 is 9.54 Å². The second-order valence-electron chi connectivity index (χ2n) is 6.45. The Morgan fingerprint density at radius 3 is 2.79 bits per heavy atom. The number of hydrogen-bond acceptors (Lipinski definition) is 5. The molecule has 28 heavy (non-hydrogen) atoms. The third-order valence-corrected chi connectivity index (χ3v) is 6.46. The van der Waals surface area contributed by atoms with Gasteiger partial charge in [-0.3, -0.25) is 9.59 Å². The van der Waals surface area contributed by atoms with Crippen LogP contribution in [0, 0.1) is 12.3 Å². The first-order valence-corrected chi connectivity index (χ1v) is 11.1. The van der Waals surface area contributed by atoms with Crippen LogP contribution in [0.15, 0.2) is 23.2 Å². The van der Waals surface area contributed by atoms with Crippen molar-refractivity contribution in [3.63, 3.8) is 0 Å². The number of methoxy groups -OCH3 is 1. The average molecular weight is 418 g/mol. The number of thiazole rings is 1. The Labute approximate surface area is 172 Å². The van der Waals surface area contributed by atoms with Gasteiger partial charge in [0.05, 0.1) is 35.4 Å². The minimum Gasteiger partial charge on any atom is -0.497 e. The normalized spacial score (nSPS) is 14.9. The Morgan fingerprint density at radius 1 is 1.29 bits per heavy atom. The Balaban J connectivity index is 1.68. The molecular formula is C20H23N3O3S2. The van der Waals surface area contributed by atoms with Gasteiger partial charge in [-0.05, 0) is 37.5 Å². The molecule has 1 fully saturated rings. The molecule has 0 radical (unpaired) electrons. The Bertz CT molecular complexity index is 965. The summed E-state index contributed by atoms with van der Waals surface area (Å²) in [6.07, 6.45) is 8.81. The summed E-state index contributed by atoms with van der Waals surface area (Å²) in [5.74, 6) is 3.68. The topological polar surface area (TPSA) is 63.9 Å². The zero-order valence-corrected chi connectivity index (χ0v) is 17.5. The van der Waals surface area contributed by atoms with Crippen molar-refractivity contribution in [3.05, 3.63) is 23.0 Å². The van der Waals surface area contributed by atoms with E-state index in [-0.39, 0.29) is 17.6 Å². The predicted octanol–water partition coefficient (Wildman–Crippen LogP) is 2.52. The van der Waals surface area contributed by atoms with Crippen molar-refractivity contribution in [1.29, 1.82) is 0 Å². The highest BCUT2D eigenvalue weighted by Crippen LogP contribution is 2.23. The van der Waals surface area contributed by atoms with Crippen molar-refractivity contribution in [3.8, 4) is 18.1 Å². The van der Waals surface area contributed by atoms with E-state index in [0.717, 1.165) is 41.9 Å². The average Bonchev–Trinajstić information content (AvgIpc) is 3.05. The van der Waals surface area contributed by atoms with Crippen molar-refractivity contribution in [2.24, 2.45) is 4.99 Å². The second kappa shape index (κ2) is 9.80. The van der Waals surface area contributed by atoms with Crippen LogP contribution in [0.1, 0.15) is 19.3 Å². The van der Waals surface area contributed by atoms with E-state index in [1.54, 1.807) is 7.11 Å². The Morgan fingerprint density at radius 2 is 2.07 bits per heavy atom. The zero-order chi connectivity index (χ0) is 19.9. The number of hydrogen-bond donors (Lipinski definition) is 0. The van der Waals surface area contributed by atoms with Gasteiger partial charge >= 0.3 is 0 Å². The van der Waals surface area contributed by atoms with Crippen LogP contribution in [0.3, 0.4) is 0 Å². The van der Waals surface area contributed by atoms with E-state index < -0.39 is 0 Å². The van der Waals surface area contributed by atoms with Crippen LogP contribution in [-0.4, -0.2) is 53.0 Å². The maximum absolute atomic E-state index is 12.3. The number of amides is 2. The quantitative estimate of drug-likeness (QED) is 0.678. The molecule has 0 saturated carbocycles. The van der Waals surface area contributed by atoms with Gasteiger partial charge in [-0.25, -0.2) is 0 Å². The van der Waals surface area contributed by atoms with E-state index in [2.05, 4.69) is 10.9 Å². The predicted molar refractivity (Wildman–Crippen MR) is 114 cm³/mol. The molecule has 2 amide bonds. The molecular weight excluding hydrogens is 394 g/mol. The van der Waals surface area contributed by atoms with Crippen LogP contribution in [0.5, 0.6) is 5.75 Å². The molecule has 0 bridgehead atoms. The molecule has 8 heteroatoms. The second-order valence-corrected chi connectivity index (χ2v) is 8.44. The highest BCUT2D eigenvalue weighted by molar-refractivity contribution is 8.00. The first-order chi connectivity index (χ1) is 13.6. The number of fused-ring (bicyclic) bond motifs is 1. The van der Waals surface area contributed by atoms with E-state index in [1.165, 1.54) is 29.5 Å². The van der Waals surface area contributed by atoms with Gasteiger partial charge in [0, 0.05) is 13.1 Å². The number of carbonyl (C=O) groups is 2. The number of benzene rings is 1. The SMILES string of the molecule is C#CCn1c(=NC(=O)CSCC(=O)N2CCCCC2)sc2cc(OC)ccc21. The van der Waals surface area contributed by atoms with Gasteiger partial charge < -0.3 is 14.2 Å². The minimum atomic E-state index is -0.263. The van der Waals surface area contributed by atoms with Gasteiger partial charge in [-0.1, -0.05) is 17.3 Å². The molecule has 2 heterocycles. The van der Waals surface area contributed by atoms with Crippen molar-refractivity contribution in [2.75, 3.05) is 31.7 Å². The highest BCUT2D eigenvalue weighted by Gasteiger charge is 2.16. The summed E-state index contributed by atoms with van der Waals surface area (Å²) >= 11 is 2.71. The van der Waals surface area contributed by atoms with Crippen LogP contribution in [0.2, 0.25) is 0 Å². The molecule has 0 atom stereocenters. The minimum absolute atomic E-state index is 0.105. The first-order valence-electron chi connectivity index (χ1n) is 9.16. The first kappa shape index (κ1) is 20.5. The molecule has 3 rings (SSSR count). The Kier molecular flexibility index (Phi) is 7.18. The molecule has 148 valence electrons. The molecule has 0 N–H and O–H groups in total. The summed E-state index contributed by atoms with van der Waals surface area (Å²) in [6.45, 7) is 1.99. The van der Waals surface area contributed by atoms with E-state index in [4.69, 9.17) is 11.2 Å². The number of thioether (sulfide) groups is 1. The number of nitrogens with zero attached hydrogens (tertiary/aromatic N) is 3. The van der Waals surface area contributed by atoms with Crippen molar-refractivity contribution < 1.29 is 14.3 Å². The van der Waals surface area contributed by atoms with Crippen LogP contribution in [-0.2, 0) is 16.1 Å². The molecule has 1 aliphatic rings. The third-order valence-electron chi connectivity index (χ3n) is 4.52. The largest absolute Gasteiger partial charge is 0.497 e. The number of carbonyl (C=O) groups excluding carboxylic acids is 2. The monoisotopic (exact) mass is 417 g/mol. The van der Waals surface area contributed by atoms with Gasteiger partial charge in [0.1, 0.15) is 5.75 Å². The number of likely N-dealkylation sites (tertiary alicyclic amines) is 1. The lowest BCUT2D eigenvalue weighted by molar-refractivity contribution is -0.129. The molecule has 0 aliphatic carbocycles. The molecule has 6 nitrogen and oxygen atoms in total. The summed E-state index contributed by atoms with van der Waals surface area (Å²) in [5, 5.41) is 0. The van der Waals surface area contributed by atoms with Crippen molar-refractivity contribution in [2.45, 2.75) is 25.8 Å². The van der Waals surface area contributed by atoms with E-state index in [9.17, 15) is 9.59 Å². The smallest absolute Gasteiger partial charge is 0.258 e. The Hall–Kier alpha value is -2.24. The van der Waals surface area contributed by atoms with E-state index in [1.807, 2.05) is 27.7 Å². The number of terminal acetylenes is 1. The fourth-order valence-corrected chi connectivity index (χ4v) is 4.88. The number of piperidine rings is 1. The van der Waals surface area contributed by atoms with Gasteiger partial charge in [0.15, 0.2) is 4.80 Å². The van der Waals surface area contributed by atoms with Gasteiger partial charge in [-0.15, -0.1) is 18.2 Å². The number of ether oxygens (including phenoxy) is 1. The molecule has 0 unspecified atom stereocenters. The van der Waals surface area contributed by atoms with Gasteiger partial charge in [0.2, 0.25) is 5.91 Å². The fourth-order valence-electron chi connectivity index (χ4n) is 3.11. The van der Waals surface area contributed by atoms with Crippen LogP contribution in [0.25, 0.3) is 10.2 Å². The lowest BCUT2D eigenvalue weighted by atomic mass is 10.1. The maximum Gasteiger partial charge on any atom is 0.258 e. The van der Waals surface area contributed by atoms with E-state index in [0.29, 0.717) is 17.1 Å². The molecule has 2 aromatic rings. The third kappa shape index (κ3) is 4.97. The van der Waals surface area contributed by atoms with Crippen molar-refractivity contribution in [1.82, 2.24) is 9.47 Å². The summed E-state index contributed by atoms with van der Waals surface area (Å²) in [4.78, 5) is 31.2. The lowest BCUT2D eigenvalue weighted by Gasteiger charge is -2.26. The molecule has 1 aromatic heterocycles. The zero-order valence-electron chi connectivity index (χ0n) is 15.8. The van der Waals surface area contributed by atoms with Crippen LogP contribution in [0.4, 0.5) is 0 Å². The molecule has 1 saturated heterocycles. The number of aromatic nitrogens is 1. The highest BCUT2D eigenvalue weighted by atomic mass is 32.2. The number of rotatable bonds is 6. The van der Waals surface area contributed by atoms with Gasteiger partial charge in [0.25, 0.3) is 5.91 Å². The summed E-state index contributed by atoms with van der Waals surface area (Å²) in [5.41, 5.74) is 0.920. The lowest BCUT2D eigenvalue weighted by Crippen LogP contribution is -2.36. The molecule has 1 aromatic carbocycles. The van der Waals surface area contributed by atoms with Gasteiger partial charge in [-0.2, -0.15) is 4.99 Å². The standard InChI is InChI=1S/C20H23N3O3S2/c1-3-9-23-16-8-7-15(26-2)12-17(16)28-20(23)21-18(24)13-27-14-19(25)22-10-5-4-6-11-22/h1,7-8,12H,4-6,9-11,13-14H2,2H3. The molecule has 0 spiro atoms. The van der Waals surface area contributed by atoms with E-state index >= 15 is 0 Å².